The molecule has 1 amide bonds. The number of amidine groups is 1. The van der Waals surface area contributed by atoms with E-state index in [9.17, 15) is 9.90 Å². The third-order valence-corrected chi connectivity index (χ3v) is 5.80. The molecule has 11 heteroatoms. The molecule has 34 heavy (non-hydrogen) atoms. The van der Waals surface area contributed by atoms with E-state index in [2.05, 4.69) is 30.7 Å². The predicted octanol–water partition coefficient (Wildman–Crippen LogP) is 3.06. The molecule has 4 aromatic rings. The fraction of sp³-hybridized carbons (Fsp3) is 0.0435. The molecule has 0 aliphatic carbocycles. The van der Waals surface area contributed by atoms with Crippen molar-refractivity contribution in [2.45, 2.75) is 6.92 Å². The zero-order valence-corrected chi connectivity index (χ0v) is 18.7. The Morgan fingerprint density at radius 1 is 1.12 bits per heavy atom. The first-order chi connectivity index (χ1) is 16.6. The average molecular weight is 471 g/mol. The van der Waals surface area contributed by atoms with E-state index in [0.29, 0.717) is 21.5 Å². The molecular formula is C23H18N8O2S. The van der Waals surface area contributed by atoms with E-state index in [1.807, 2.05) is 37.3 Å². The van der Waals surface area contributed by atoms with Crippen molar-refractivity contribution in [1.29, 1.82) is 0 Å². The summed E-state index contributed by atoms with van der Waals surface area (Å²) in [6.45, 7) is 1.87. The Kier molecular flexibility index (Phi) is 5.75. The number of phenols is 1. The Morgan fingerprint density at radius 3 is 2.65 bits per heavy atom. The van der Waals surface area contributed by atoms with Crippen LogP contribution in [0.5, 0.6) is 5.75 Å². The number of amides is 1. The Hall–Kier alpha value is -4.51. The molecule has 0 unspecified atom stereocenters. The van der Waals surface area contributed by atoms with Gasteiger partial charge in [-0.05, 0) is 54.6 Å². The molecule has 1 aliphatic heterocycles. The van der Waals surface area contributed by atoms with Gasteiger partial charge in [0, 0.05) is 0 Å². The average Bonchev–Trinajstić information content (AvgIpc) is 3.56. The fourth-order valence-corrected chi connectivity index (χ4v) is 4.08. The van der Waals surface area contributed by atoms with Crippen molar-refractivity contribution in [3.63, 3.8) is 0 Å². The lowest BCUT2D eigenvalue weighted by Gasteiger charge is -2.07. The smallest absolute Gasteiger partial charge is 0.264 e. The molecule has 168 valence electrons. The SMILES string of the molecule is Cc1nn(-c2ccccc2)c(-n2cncn2)c1C=N/N=C1/NC(=O)C(=Cc2ccc(O)cc2)S1. The minimum Gasteiger partial charge on any atom is -0.508 e. The van der Waals surface area contributed by atoms with Crippen LogP contribution in [-0.4, -0.2) is 46.9 Å². The van der Waals surface area contributed by atoms with Crippen LogP contribution in [-0.2, 0) is 4.79 Å². The van der Waals surface area contributed by atoms with Crippen LogP contribution in [0.2, 0.25) is 0 Å². The molecule has 0 radical (unpaired) electrons. The lowest BCUT2D eigenvalue weighted by atomic mass is 10.2. The number of nitrogens with one attached hydrogen (secondary N) is 1. The highest BCUT2D eigenvalue weighted by atomic mass is 32.2. The summed E-state index contributed by atoms with van der Waals surface area (Å²) < 4.78 is 3.38. The molecule has 5 rings (SSSR count). The first-order valence-corrected chi connectivity index (χ1v) is 11.0. The maximum absolute atomic E-state index is 12.3. The third kappa shape index (κ3) is 4.36. The number of aryl methyl sites for hydroxylation is 1. The molecule has 1 saturated heterocycles. The van der Waals surface area contributed by atoms with Gasteiger partial charge >= 0.3 is 0 Å². The summed E-state index contributed by atoms with van der Waals surface area (Å²) in [5.74, 6) is 0.572. The summed E-state index contributed by atoms with van der Waals surface area (Å²) in [5, 5.41) is 29.8. The van der Waals surface area contributed by atoms with Gasteiger partial charge in [-0.2, -0.15) is 15.3 Å². The third-order valence-electron chi connectivity index (χ3n) is 4.89. The number of para-hydroxylation sites is 1. The molecule has 0 saturated carbocycles. The first-order valence-electron chi connectivity index (χ1n) is 10.2. The van der Waals surface area contributed by atoms with Crippen LogP contribution >= 0.6 is 11.8 Å². The molecule has 1 aliphatic rings. The molecule has 1 fully saturated rings. The monoisotopic (exact) mass is 470 g/mol. The van der Waals surface area contributed by atoms with Crippen LogP contribution in [0.25, 0.3) is 17.6 Å². The lowest BCUT2D eigenvalue weighted by molar-refractivity contribution is -0.115. The number of hydrogen-bond donors (Lipinski definition) is 2. The Morgan fingerprint density at radius 2 is 1.91 bits per heavy atom. The van der Waals surface area contributed by atoms with Crippen LogP contribution < -0.4 is 5.32 Å². The number of benzene rings is 2. The maximum Gasteiger partial charge on any atom is 0.264 e. The van der Waals surface area contributed by atoms with Gasteiger partial charge < -0.3 is 5.11 Å². The van der Waals surface area contributed by atoms with E-state index in [1.165, 1.54) is 18.1 Å². The largest absolute Gasteiger partial charge is 0.508 e. The molecule has 10 nitrogen and oxygen atoms in total. The van der Waals surface area contributed by atoms with E-state index >= 15 is 0 Å². The molecule has 0 bridgehead atoms. The molecule has 3 heterocycles. The number of aromatic nitrogens is 5. The first kappa shape index (κ1) is 21.3. The second kappa shape index (κ2) is 9.16. The predicted molar refractivity (Wildman–Crippen MR) is 130 cm³/mol. The van der Waals surface area contributed by atoms with Crippen LogP contribution in [0.4, 0.5) is 0 Å². The van der Waals surface area contributed by atoms with Gasteiger partial charge in [0.15, 0.2) is 11.0 Å². The number of carbonyl (C=O) groups excluding carboxylic acids is 1. The van der Waals surface area contributed by atoms with E-state index in [1.54, 1.807) is 52.2 Å². The van der Waals surface area contributed by atoms with Crippen molar-refractivity contribution >= 4 is 35.1 Å². The molecule has 2 N–H and O–H groups in total. The lowest BCUT2D eigenvalue weighted by Crippen LogP contribution is -2.19. The highest BCUT2D eigenvalue weighted by molar-refractivity contribution is 8.18. The Labute approximate surface area is 198 Å². The summed E-state index contributed by atoms with van der Waals surface area (Å²) in [5.41, 5.74) is 3.11. The molecular weight excluding hydrogens is 452 g/mol. The summed E-state index contributed by atoms with van der Waals surface area (Å²) in [7, 11) is 0. The Bertz CT molecular complexity index is 1420. The van der Waals surface area contributed by atoms with Crippen LogP contribution in [0.1, 0.15) is 16.8 Å². The van der Waals surface area contributed by atoms with Crippen molar-refractivity contribution in [3.8, 4) is 17.3 Å². The van der Waals surface area contributed by atoms with Crippen LogP contribution in [0, 0.1) is 6.92 Å². The molecule has 0 atom stereocenters. The van der Waals surface area contributed by atoms with E-state index in [4.69, 9.17) is 0 Å². The van der Waals surface area contributed by atoms with Crippen molar-refractivity contribution < 1.29 is 9.90 Å². The van der Waals surface area contributed by atoms with E-state index in [0.717, 1.165) is 16.9 Å². The zero-order valence-electron chi connectivity index (χ0n) is 17.9. The van der Waals surface area contributed by atoms with Gasteiger partial charge in [0.2, 0.25) is 0 Å². The zero-order chi connectivity index (χ0) is 23.5. The standard InChI is InChI=1S/C23H18N8O2S/c1-15-19(22(30-14-24-13-26-30)31(29-15)17-5-3-2-4-6-17)12-25-28-23-27-21(33)20(34-23)11-16-7-9-18(32)10-8-16/h2-14,32H,1H3,(H,27,28,33). The summed E-state index contributed by atoms with van der Waals surface area (Å²) in [4.78, 5) is 16.8. The second-order valence-electron chi connectivity index (χ2n) is 7.22. The fourth-order valence-electron chi connectivity index (χ4n) is 3.30. The minimum absolute atomic E-state index is 0.165. The van der Waals surface area contributed by atoms with Gasteiger partial charge in [-0.25, -0.2) is 14.3 Å². The van der Waals surface area contributed by atoms with Crippen LogP contribution in [0.3, 0.4) is 0 Å². The van der Waals surface area contributed by atoms with Gasteiger partial charge in [-0.1, -0.05) is 30.3 Å². The summed E-state index contributed by atoms with van der Waals surface area (Å²) >= 11 is 1.19. The van der Waals surface area contributed by atoms with Gasteiger partial charge in [-0.3, -0.25) is 10.1 Å². The van der Waals surface area contributed by atoms with Gasteiger partial charge in [0.1, 0.15) is 18.4 Å². The van der Waals surface area contributed by atoms with Crippen molar-refractivity contribution in [1.82, 2.24) is 29.9 Å². The Balaban J connectivity index is 1.43. The molecule has 2 aromatic carbocycles. The number of phenolic OH excluding ortho intramolecular Hbond substituents is 1. The second-order valence-corrected chi connectivity index (χ2v) is 8.25. The highest BCUT2D eigenvalue weighted by Crippen LogP contribution is 2.27. The van der Waals surface area contributed by atoms with Gasteiger partial charge in [0.05, 0.1) is 28.1 Å². The molecule has 2 aromatic heterocycles. The van der Waals surface area contributed by atoms with E-state index < -0.39 is 0 Å². The number of aromatic hydroxyl groups is 1. The van der Waals surface area contributed by atoms with Crippen molar-refractivity contribution in [3.05, 3.63) is 89.0 Å². The van der Waals surface area contributed by atoms with Crippen molar-refractivity contribution in [2.75, 3.05) is 0 Å². The number of carbonyl (C=O) groups is 1. The number of thioether (sulfide) groups is 1. The normalized spacial score (nSPS) is 16.1. The van der Waals surface area contributed by atoms with Gasteiger partial charge in [0.25, 0.3) is 5.91 Å². The number of hydrogen-bond acceptors (Lipinski definition) is 8. The quantitative estimate of drug-likeness (QED) is 0.263. The molecule has 0 spiro atoms. The number of rotatable bonds is 5. The minimum atomic E-state index is -0.261. The maximum atomic E-state index is 12.3. The van der Waals surface area contributed by atoms with Crippen LogP contribution in [0.15, 0.2) is 82.4 Å². The highest BCUT2D eigenvalue weighted by Gasteiger charge is 2.24. The van der Waals surface area contributed by atoms with Gasteiger partial charge in [-0.15, -0.1) is 5.10 Å². The number of nitrogens with zero attached hydrogens (tertiary/aromatic N) is 7. The topological polar surface area (TPSA) is 123 Å². The van der Waals surface area contributed by atoms with E-state index in [-0.39, 0.29) is 11.7 Å². The summed E-state index contributed by atoms with van der Waals surface area (Å²) in [6.07, 6.45) is 6.35. The van der Waals surface area contributed by atoms with Crippen molar-refractivity contribution in [2.24, 2.45) is 10.2 Å². The summed E-state index contributed by atoms with van der Waals surface area (Å²) in [6, 6.07) is 16.3.